The van der Waals surface area contributed by atoms with Crippen LogP contribution in [0.3, 0.4) is 0 Å². The van der Waals surface area contributed by atoms with Crippen LogP contribution in [0.15, 0.2) is 48.9 Å². The fourth-order valence-corrected chi connectivity index (χ4v) is 2.27. The number of aromatic nitrogens is 2. The maximum Gasteiger partial charge on any atom is 0.359 e. The normalized spacial score (nSPS) is 12.9. The number of rotatable bonds is 7. The predicted octanol–water partition coefficient (Wildman–Crippen LogP) is 2.33. The summed E-state index contributed by atoms with van der Waals surface area (Å²) in [6, 6.07) is 9.99. The Labute approximate surface area is 141 Å². The molecule has 0 saturated carbocycles. The van der Waals surface area contributed by atoms with Gasteiger partial charge in [-0.2, -0.15) is 0 Å². The van der Waals surface area contributed by atoms with E-state index in [1.54, 1.807) is 0 Å². The molecule has 1 N–H and O–H groups in total. The van der Waals surface area contributed by atoms with Crippen molar-refractivity contribution in [2.24, 2.45) is 0 Å². The highest BCUT2D eigenvalue weighted by molar-refractivity contribution is 5.90. The van der Waals surface area contributed by atoms with E-state index in [9.17, 15) is 9.59 Å². The van der Waals surface area contributed by atoms with Gasteiger partial charge in [0.1, 0.15) is 0 Å². The van der Waals surface area contributed by atoms with Crippen LogP contribution >= 0.6 is 0 Å². The monoisotopic (exact) mass is 327 g/mol. The van der Waals surface area contributed by atoms with E-state index in [1.807, 2.05) is 30.3 Å². The number of amides is 1. The van der Waals surface area contributed by atoms with Gasteiger partial charge in [-0.1, -0.05) is 37.3 Å². The Hall–Kier alpha value is -2.76. The van der Waals surface area contributed by atoms with E-state index in [0.29, 0.717) is 6.54 Å². The van der Waals surface area contributed by atoms with Gasteiger partial charge in [0.05, 0.1) is 6.20 Å². The summed E-state index contributed by atoms with van der Waals surface area (Å²) in [5.74, 6) is -0.777. The van der Waals surface area contributed by atoms with E-state index in [1.165, 1.54) is 31.1 Å². The van der Waals surface area contributed by atoms with Crippen molar-refractivity contribution in [3.63, 3.8) is 0 Å². The zero-order valence-corrected chi connectivity index (χ0v) is 13.8. The van der Waals surface area contributed by atoms with Gasteiger partial charge in [0.15, 0.2) is 11.8 Å². The van der Waals surface area contributed by atoms with Crippen molar-refractivity contribution in [1.82, 2.24) is 15.3 Å². The molecule has 1 aromatic heterocycles. The van der Waals surface area contributed by atoms with Gasteiger partial charge in [-0.25, -0.2) is 9.78 Å². The van der Waals surface area contributed by atoms with Crippen molar-refractivity contribution < 1.29 is 14.3 Å². The number of carbonyl (C=O) groups excluding carboxylic acids is 2. The lowest BCUT2D eigenvalue weighted by Gasteiger charge is -2.18. The molecule has 0 bridgehead atoms. The standard InChI is InChI=1S/C18H21N3O3/c1-3-14(15-7-5-4-6-8-15)11-21-17(22)13(2)24-18(23)16-12-19-9-10-20-16/h4-10,12-14H,3,11H2,1-2H3,(H,21,22)/t13-,14+/m0/s1. The molecular formula is C18H21N3O3. The SMILES string of the molecule is CC[C@H](CNC(=O)[C@H](C)OC(=O)c1cnccn1)c1ccccc1. The number of esters is 1. The molecule has 0 saturated heterocycles. The van der Waals surface area contributed by atoms with Crippen LogP contribution in [0.25, 0.3) is 0 Å². The summed E-state index contributed by atoms with van der Waals surface area (Å²) in [6.45, 7) is 4.10. The van der Waals surface area contributed by atoms with Crippen LogP contribution in [0.1, 0.15) is 42.2 Å². The lowest BCUT2D eigenvalue weighted by Crippen LogP contribution is -2.38. The van der Waals surface area contributed by atoms with Gasteiger partial charge in [-0.3, -0.25) is 9.78 Å². The number of hydrogen-bond donors (Lipinski definition) is 1. The zero-order chi connectivity index (χ0) is 17.4. The van der Waals surface area contributed by atoms with Crippen molar-refractivity contribution in [3.8, 4) is 0 Å². The number of carbonyl (C=O) groups is 2. The molecule has 126 valence electrons. The average molecular weight is 327 g/mol. The maximum absolute atomic E-state index is 12.1. The van der Waals surface area contributed by atoms with Crippen LogP contribution in [-0.2, 0) is 9.53 Å². The first-order valence-electron chi connectivity index (χ1n) is 7.91. The van der Waals surface area contributed by atoms with Crippen molar-refractivity contribution in [2.45, 2.75) is 32.3 Å². The van der Waals surface area contributed by atoms with Crippen LogP contribution in [0.2, 0.25) is 0 Å². The largest absolute Gasteiger partial charge is 0.448 e. The quantitative estimate of drug-likeness (QED) is 0.789. The van der Waals surface area contributed by atoms with Crippen LogP contribution < -0.4 is 5.32 Å². The van der Waals surface area contributed by atoms with Gasteiger partial charge < -0.3 is 10.1 Å². The molecule has 0 spiro atoms. The second-order valence-corrected chi connectivity index (χ2v) is 5.40. The lowest BCUT2D eigenvalue weighted by atomic mass is 9.96. The topological polar surface area (TPSA) is 81.2 Å². The molecule has 6 nitrogen and oxygen atoms in total. The molecule has 2 rings (SSSR count). The Morgan fingerprint density at radius 1 is 1.21 bits per heavy atom. The number of nitrogens with zero attached hydrogens (tertiary/aromatic N) is 2. The zero-order valence-electron chi connectivity index (χ0n) is 13.8. The Bertz CT molecular complexity index is 662. The summed E-state index contributed by atoms with van der Waals surface area (Å²) in [4.78, 5) is 31.7. The number of nitrogens with one attached hydrogen (secondary N) is 1. The van der Waals surface area contributed by atoms with Gasteiger partial charge in [-0.15, -0.1) is 0 Å². The van der Waals surface area contributed by atoms with Crippen molar-refractivity contribution >= 4 is 11.9 Å². The molecule has 2 atom stereocenters. The highest BCUT2D eigenvalue weighted by Gasteiger charge is 2.20. The summed E-state index contributed by atoms with van der Waals surface area (Å²) < 4.78 is 5.12. The first-order chi connectivity index (χ1) is 11.6. The molecule has 0 aliphatic carbocycles. The van der Waals surface area contributed by atoms with E-state index in [4.69, 9.17) is 4.74 Å². The Kier molecular flexibility index (Phi) is 6.42. The highest BCUT2D eigenvalue weighted by atomic mass is 16.5. The first-order valence-corrected chi connectivity index (χ1v) is 7.91. The molecule has 6 heteroatoms. The van der Waals surface area contributed by atoms with E-state index in [-0.39, 0.29) is 17.5 Å². The van der Waals surface area contributed by atoms with E-state index < -0.39 is 12.1 Å². The third kappa shape index (κ3) is 4.87. The Morgan fingerprint density at radius 3 is 2.58 bits per heavy atom. The van der Waals surface area contributed by atoms with Crippen LogP contribution in [-0.4, -0.2) is 34.5 Å². The van der Waals surface area contributed by atoms with Gasteiger partial charge in [0, 0.05) is 24.9 Å². The van der Waals surface area contributed by atoms with Crippen LogP contribution in [0.5, 0.6) is 0 Å². The van der Waals surface area contributed by atoms with Gasteiger partial charge in [0.25, 0.3) is 5.91 Å². The Morgan fingerprint density at radius 2 is 1.96 bits per heavy atom. The van der Waals surface area contributed by atoms with Crippen molar-refractivity contribution in [3.05, 3.63) is 60.2 Å². The molecule has 2 aromatic rings. The van der Waals surface area contributed by atoms with E-state index in [2.05, 4.69) is 22.2 Å². The van der Waals surface area contributed by atoms with Gasteiger partial charge in [-0.05, 0) is 18.9 Å². The molecule has 0 fully saturated rings. The Balaban J connectivity index is 1.86. The minimum Gasteiger partial charge on any atom is -0.448 e. The number of hydrogen-bond acceptors (Lipinski definition) is 5. The number of benzene rings is 1. The minimum atomic E-state index is -0.896. The van der Waals surface area contributed by atoms with E-state index in [0.717, 1.165) is 6.42 Å². The second-order valence-electron chi connectivity index (χ2n) is 5.40. The number of ether oxygens (including phenoxy) is 1. The maximum atomic E-state index is 12.1. The van der Waals surface area contributed by atoms with Crippen molar-refractivity contribution in [2.75, 3.05) is 6.54 Å². The fourth-order valence-electron chi connectivity index (χ4n) is 2.27. The molecule has 0 aliphatic heterocycles. The molecule has 1 amide bonds. The summed E-state index contributed by atoms with van der Waals surface area (Å²) >= 11 is 0. The smallest absolute Gasteiger partial charge is 0.359 e. The molecule has 0 radical (unpaired) electrons. The molecule has 24 heavy (non-hydrogen) atoms. The van der Waals surface area contributed by atoms with Gasteiger partial charge in [0.2, 0.25) is 0 Å². The van der Waals surface area contributed by atoms with E-state index >= 15 is 0 Å². The molecule has 0 unspecified atom stereocenters. The minimum absolute atomic E-state index is 0.0767. The summed E-state index contributed by atoms with van der Waals surface area (Å²) in [6.07, 6.45) is 4.16. The van der Waals surface area contributed by atoms with Crippen LogP contribution in [0, 0.1) is 0 Å². The first kappa shape index (κ1) is 17.6. The summed E-state index contributed by atoms with van der Waals surface area (Å²) in [7, 11) is 0. The molecule has 1 heterocycles. The lowest BCUT2D eigenvalue weighted by molar-refractivity contribution is -0.129. The van der Waals surface area contributed by atoms with Gasteiger partial charge >= 0.3 is 5.97 Å². The third-order valence-corrected chi connectivity index (χ3v) is 3.71. The summed E-state index contributed by atoms with van der Waals surface area (Å²) in [5, 5.41) is 2.84. The predicted molar refractivity (Wildman–Crippen MR) is 89.4 cm³/mol. The summed E-state index contributed by atoms with van der Waals surface area (Å²) in [5.41, 5.74) is 1.25. The van der Waals surface area contributed by atoms with Crippen LogP contribution in [0.4, 0.5) is 0 Å². The molecule has 1 aromatic carbocycles. The van der Waals surface area contributed by atoms with Crippen molar-refractivity contribution in [1.29, 1.82) is 0 Å². The average Bonchev–Trinajstić information content (AvgIpc) is 2.63. The molecule has 0 aliphatic rings. The third-order valence-electron chi connectivity index (χ3n) is 3.71. The molecular weight excluding hydrogens is 306 g/mol. The highest BCUT2D eigenvalue weighted by Crippen LogP contribution is 2.18. The fraction of sp³-hybridized carbons (Fsp3) is 0.333. The second kappa shape index (κ2) is 8.76.